The molecule has 1 aliphatic heterocycles. The summed E-state index contributed by atoms with van der Waals surface area (Å²) in [6, 6.07) is 2.06. The second-order valence-electron chi connectivity index (χ2n) is 5.20. The van der Waals surface area contributed by atoms with Gasteiger partial charge in [0.05, 0.1) is 19.0 Å². The van der Waals surface area contributed by atoms with E-state index < -0.39 is 0 Å². The number of amides is 1. The highest BCUT2D eigenvalue weighted by atomic mass is 16.2. The second-order valence-corrected chi connectivity index (χ2v) is 5.20. The SMILES string of the molecule is CC1CCN(CC(=O)N(C)CCC#N)CC1C. The smallest absolute Gasteiger partial charge is 0.236 e. The van der Waals surface area contributed by atoms with Crippen molar-refractivity contribution in [2.45, 2.75) is 26.7 Å². The summed E-state index contributed by atoms with van der Waals surface area (Å²) in [5, 5.41) is 8.48. The van der Waals surface area contributed by atoms with Crippen molar-refractivity contribution in [3.05, 3.63) is 0 Å². The molecule has 17 heavy (non-hydrogen) atoms. The van der Waals surface area contributed by atoms with Crippen LogP contribution in [0.15, 0.2) is 0 Å². The zero-order valence-electron chi connectivity index (χ0n) is 11.1. The molecule has 1 heterocycles. The molecule has 0 aromatic carbocycles. The van der Waals surface area contributed by atoms with Gasteiger partial charge < -0.3 is 4.90 Å². The number of likely N-dealkylation sites (tertiary alicyclic amines) is 1. The Balaban J connectivity index is 2.34. The second kappa shape index (κ2) is 6.61. The molecular weight excluding hydrogens is 214 g/mol. The molecular formula is C13H23N3O. The van der Waals surface area contributed by atoms with Gasteiger partial charge in [0.15, 0.2) is 0 Å². The van der Waals surface area contributed by atoms with Crippen molar-refractivity contribution in [2.24, 2.45) is 11.8 Å². The summed E-state index contributed by atoms with van der Waals surface area (Å²) >= 11 is 0. The number of piperidine rings is 1. The van der Waals surface area contributed by atoms with Gasteiger partial charge in [0.25, 0.3) is 0 Å². The standard InChI is InChI=1S/C13H23N3O/c1-11-5-8-16(9-12(11)2)10-13(17)15(3)7-4-6-14/h11-12H,4-5,7-10H2,1-3H3. The van der Waals surface area contributed by atoms with E-state index in [4.69, 9.17) is 5.26 Å². The van der Waals surface area contributed by atoms with Crippen LogP contribution in [0.4, 0.5) is 0 Å². The summed E-state index contributed by atoms with van der Waals surface area (Å²) in [5.74, 6) is 1.56. The van der Waals surface area contributed by atoms with E-state index in [1.54, 1.807) is 11.9 Å². The molecule has 4 nitrogen and oxygen atoms in total. The molecule has 0 radical (unpaired) electrons. The number of likely N-dealkylation sites (N-methyl/N-ethyl adjacent to an activating group) is 1. The van der Waals surface area contributed by atoms with Gasteiger partial charge in [0.2, 0.25) is 5.91 Å². The van der Waals surface area contributed by atoms with Crippen LogP contribution >= 0.6 is 0 Å². The van der Waals surface area contributed by atoms with Crippen molar-refractivity contribution in [2.75, 3.05) is 33.2 Å². The normalized spacial score (nSPS) is 25.3. The van der Waals surface area contributed by atoms with E-state index in [-0.39, 0.29) is 5.91 Å². The van der Waals surface area contributed by atoms with E-state index in [1.807, 2.05) is 0 Å². The first-order chi connectivity index (χ1) is 8.04. The van der Waals surface area contributed by atoms with Crippen molar-refractivity contribution < 1.29 is 4.79 Å². The summed E-state index contributed by atoms with van der Waals surface area (Å²) in [4.78, 5) is 15.8. The van der Waals surface area contributed by atoms with Crippen molar-refractivity contribution in [1.82, 2.24) is 9.80 Å². The molecule has 0 N–H and O–H groups in total. The molecule has 4 heteroatoms. The van der Waals surface area contributed by atoms with E-state index in [9.17, 15) is 4.79 Å². The molecule has 0 bridgehead atoms. The van der Waals surface area contributed by atoms with Gasteiger partial charge in [-0.3, -0.25) is 9.69 Å². The first-order valence-electron chi connectivity index (χ1n) is 6.38. The van der Waals surface area contributed by atoms with Crippen LogP contribution < -0.4 is 0 Å². The van der Waals surface area contributed by atoms with Gasteiger partial charge in [-0.1, -0.05) is 13.8 Å². The van der Waals surface area contributed by atoms with Crippen LogP contribution in [0.3, 0.4) is 0 Å². The molecule has 1 amide bonds. The third-order valence-corrected chi connectivity index (χ3v) is 3.76. The van der Waals surface area contributed by atoms with Crippen LogP contribution in [0.1, 0.15) is 26.7 Å². The molecule has 96 valence electrons. The van der Waals surface area contributed by atoms with E-state index in [2.05, 4.69) is 24.8 Å². The Morgan fingerprint density at radius 3 is 2.76 bits per heavy atom. The molecule has 1 aliphatic rings. The first-order valence-corrected chi connectivity index (χ1v) is 6.38. The molecule has 0 aromatic heterocycles. The van der Waals surface area contributed by atoms with E-state index in [0.29, 0.717) is 25.4 Å². The fraction of sp³-hybridized carbons (Fsp3) is 0.846. The third-order valence-electron chi connectivity index (χ3n) is 3.76. The quantitative estimate of drug-likeness (QED) is 0.741. The van der Waals surface area contributed by atoms with Gasteiger partial charge >= 0.3 is 0 Å². The highest BCUT2D eigenvalue weighted by Gasteiger charge is 2.24. The van der Waals surface area contributed by atoms with E-state index >= 15 is 0 Å². The zero-order chi connectivity index (χ0) is 12.8. The minimum Gasteiger partial charge on any atom is -0.344 e. The average molecular weight is 237 g/mol. The Morgan fingerprint density at radius 2 is 2.18 bits per heavy atom. The molecule has 0 aliphatic carbocycles. The number of nitrogens with zero attached hydrogens (tertiary/aromatic N) is 3. The Labute approximate surface area is 104 Å². The molecule has 2 atom stereocenters. The van der Waals surface area contributed by atoms with Crippen LogP contribution in [0.25, 0.3) is 0 Å². The highest BCUT2D eigenvalue weighted by Crippen LogP contribution is 2.22. The number of carbonyl (C=O) groups is 1. The summed E-state index contributed by atoms with van der Waals surface area (Å²) < 4.78 is 0. The largest absolute Gasteiger partial charge is 0.344 e. The van der Waals surface area contributed by atoms with Crippen LogP contribution in [0, 0.1) is 23.2 Å². The predicted octanol–water partition coefficient (Wildman–Crippen LogP) is 1.34. The molecule has 1 saturated heterocycles. The maximum atomic E-state index is 11.9. The molecule has 0 spiro atoms. The van der Waals surface area contributed by atoms with Crippen molar-refractivity contribution >= 4 is 5.91 Å². The summed E-state index contributed by atoms with van der Waals surface area (Å²) in [5.41, 5.74) is 0. The maximum absolute atomic E-state index is 11.9. The predicted molar refractivity (Wildman–Crippen MR) is 67.3 cm³/mol. The lowest BCUT2D eigenvalue weighted by Gasteiger charge is -2.35. The minimum atomic E-state index is 0.127. The van der Waals surface area contributed by atoms with Crippen molar-refractivity contribution in [3.8, 4) is 6.07 Å². The van der Waals surface area contributed by atoms with Gasteiger partial charge in [-0.05, 0) is 24.8 Å². The fourth-order valence-corrected chi connectivity index (χ4v) is 2.15. The Hall–Kier alpha value is -1.08. The number of carbonyl (C=O) groups excluding carboxylic acids is 1. The monoisotopic (exact) mass is 237 g/mol. The number of hydrogen-bond donors (Lipinski definition) is 0. The van der Waals surface area contributed by atoms with Gasteiger partial charge in [0.1, 0.15) is 0 Å². The molecule has 0 saturated carbocycles. The molecule has 2 unspecified atom stereocenters. The minimum absolute atomic E-state index is 0.127. The van der Waals surface area contributed by atoms with Crippen LogP contribution in [0.5, 0.6) is 0 Å². The van der Waals surface area contributed by atoms with Crippen LogP contribution in [0.2, 0.25) is 0 Å². The Morgan fingerprint density at radius 1 is 1.47 bits per heavy atom. The zero-order valence-corrected chi connectivity index (χ0v) is 11.1. The van der Waals surface area contributed by atoms with Gasteiger partial charge in [-0.2, -0.15) is 5.26 Å². The molecule has 1 fully saturated rings. The number of hydrogen-bond acceptors (Lipinski definition) is 3. The average Bonchev–Trinajstić information content (AvgIpc) is 2.30. The highest BCUT2D eigenvalue weighted by molar-refractivity contribution is 5.78. The lowest BCUT2D eigenvalue weighted by Crippen LogP contribution is -2.44. The molecule has 0 aromatic rings. The lowest BCUT2D eigenvalue weighted by molar-refractivity contribution is -0.131. The molecule has 1 rings (SSSR count). The summed E-state index contributed by atoms with van der Waals surface area (Å²) in [6.07, 6.45) is 1.59. The number of rotatable bonds is 4. The van der Waals surface area contributed by atoms with E-state index in [0.717, 1.165) is 19.0 Å². The van der Waals surface area contributed by atoms with E-state index in [1.165, 1.54) is 6.42 Å². The third kappa shape index (κ3) is 4.35. The van der Waals surface area contributed by atoms with Gasteiger partial charge in [0, 0.05) is 20.1 Å². The lowest BCUT2D eigenvalue weighted by atomic mass is 9.89. The Kier molecular flexibility index (Phi) is 5.43. The van der Waals surface area contributed by atoms with Crippen LogP contribution in [-0.2, 0) is 4.79 Å². The topological polar surface area (TPSA) is 47.3 Å². The van der Waals surface area contributed by atoms with Gasteiger partial charge in [-0.15, -0.1) is 0 Å². The van der Waals surface area contributed by atoms with Crippen molar-refractivity contribution in [1.29, 1.82) is 5.26 Å². The van der Waals surface area contributed by atoms with Crippen LogP contribution in [-0.4, -0.2) is 48.9 Å². The fourth-order valence-electron chi connectivity index (χ4n) is 2.15. The van der Waals surface area contributed by atoms with Gasteiger partial charge in [-0.25, -0.2) is 0 Å². The maximum Gasteiger partial charge on any atom is 0.236 e. The van der Waals surface area contributed by atoms with Crippen molar-refractivity contribution in [3.63, 3.8) is 0 Å². The Bertz CT molecular complexity index is 298. The number of nitriles is 1. The summed E-state index contributed by atoms with van der Waals surface area (Å²) in [7, 11) is 1.77. The summed E-state index contributed by atoms with van der Waals surface area (Å²) in [6.45, 7) is 7.60. The first kappa shape index (κ1) is 14.0.